The lowest BCUT2D eigenvalue weighted by Crippen LogP contribution is -2.40. The van der Waals surface area contributed by atoms with Crippen LogP contribution in [0.5, 0.6) is 0 Å². The minimum absolute atomic E-state index is 0.0250. The molecule has 0 unspecified atom stereocenters. The molecule has 0 radical (unpaired) electrons. The largest absolute Gasteiger partial charge is 0.394 e. The van der Waals surface area contributed by atoms with Crippen molar-refractivity contribution >= 4 is 35.0 Å². The molecule has 212 valence electrons. The number of aliphatic hydroxyl groups is 4. The highest BCUT2D eigenvalue weighted by molar-refractivity contribution is 7.99. The summed E-state index contributed by atoms with van der Waals surface area (Å²) in [5.74, 6) is -0.356. The van der Waals surface area contributed by atoms with E-state index >= 15 is 0 Å². The number of hydrazone groups is 1. The molecule has 1 aromatic carbocycles. The zero-order chi connectivity index (χ0) is 29.0. The monoisotopic (exact) mass is 574 g/mol. The second-order valence-corrected chi connectivity index (χ2v) is 9.47. The Balaban J connectivity index is 1.55. The Hall–Kier alpha value is -4.23. The van der Waals surface area contributed by atoms with Gasteiger partial charge in [0.05, 0.1) is 18.6 Å². The van der Waals surface area contributed by atoms with E-state index in [0.29, 0.717) is 16.7 Å². The Kier molecular flexibility index (Phi) is 8.85. The average molecular weight is 575 g/mol. The first kappa shape index (κ1) is 28.8. The predicted octanol–water partition coefficient (Wildman–Crippen LogP) is -3.27. The van der Waals surface area contributed by atoms with Crippen molar-refractivity contribution in [3.63, 3.8) is 0 Å². The molecule has 3 atom stereocenters. The number of carbonyl (C=O) groups excluding carboxylic acids is 1. The number of para-hydroxylation sites is 1. The maximum Gasteiger partial charge on any atom is 0.332 e. The van der Waals surface area contributed by atoms with E-state index in [1.54, 1.807) is 28.8 Å². The smallest absolute Gasteiger partial charge is 0.332 e. The molecule has 17 nitrogen and oxygen atoms in total. The number of hydrogen-bond acceptors (Lipinski definition) is 13. The number of nitrogens with zero attached hydrogens (tertiary/aromatic N) is 9. The van der Waals surface area contributed by atoms with Crippen LogP contribution in [0.25, 0.3) is 16.9 Å². The number of fused-ring (bicyclic) bond motifs is 1. The van der Waals surface area contributed by atoms with Gasteiger partial charge in [-0.2, -0.15) is 5.10 Å². The Morgan fingerprint density at radius 3 is 2.52 bits per heavy atom. The highest BCUT2D eigenvalue weighted by Gasteiger charge is 2.23. The Morgan fingerprint density at radius 2 is 1.82 bits per heavy atom. The molecular weight excluding hydrogens is 548 g/mol. The van der Waals surface area contributed by atoms with Crippen LogP contribution < -0.4 is 16.7 Å². The second-order valence-electron chi connectivity index (χ2n) is 8.53. The summed E-state index contributed by atoms with van der Waals surface area (Å²) in [5, 5.41) is 57.9. The lowest BCUT2D eigenvalue weighted by molar-refractivity contribution is -0.118. The third kappa shape index (κ3) is 5.84. The van der Waals surface area contributed by atoms with Gasteiger partial charge in [-0.15, -0.1) is 15.3 Å². The molecule has 0 saturated carbocycles. The van der Waals surface area contributed by atoms with E-state index in [9.17, 15) is 29.7 Å². The molecule has 0 saturated heterocycles. The van der Waals surface area contributed by atoms with Crippen molar-refractivity contribution < 1.29 is 25.2 Å². The van der Waals surface area contributed by atoms with Gasteiger partial charge in [0, 0.05) is 19.8 Å². The van der Waals surface area contributed by atoms with Crippen molar-refractivity contribution in [3.05, 3.63) is 57.0 Å². The number of benzene rings is 1. The van der Waals surface area contributed by atoms with Gasteiger partial charge in [-0.1, -0.05) is 35.2 Å². The van der Waals surface area contributed by atoms with Gasteiger partial charge in [0.25, 0.3) is 11.5 Å². The van der Waals surface area contributed by atoms with E-state index in [2.05, 4.69) is 31.0 Å². The van der Waals surface area contributed by atoms with E-state index in [1.165, 1.54) is 23.3 Å². The number of aliphatic hydroxyl groups excluding tert-OH is 4. The van der Waals surface area contributed by atoms with Crippen LogP contribution in [0.15, 0.2) is 50.2 Å². The summed E-state index contributed by atoms with van der Waals surface area (Å²) in [6.07, 6.45) is -4.06. The van der Waals surface area contributed by atoms with Crippen molar-refractivity contribution in [3.8, 4) is 5.69 Å². The molecule has 0 spiro atoms. The Morgan fingerprint density at radius 1 is 1.10 bits per heavy atom. The molecule has 1 amide bonds. The SMILES string of the molecule is Cn1c(=O)c2c(nnn2Cc2nnc(SCC(=O)N/N=C/[C@H](O)[C@@H](O)[C@H](O)CO)n2-c2ccccc2)n(C)c1=O. The standard InChI is InChI=1S/C22H26N10O7S/c1-29-19-17(20(38)30(2)22(29)39)31(28-26-19)9-15-24-27-21(32(15)12-6-4-3-5-7-12)40-11-16(36)25-23-8-13(34)18(37)14(35)10-33/h3-8,13-14,18,33-35,37H,9-11H2,1-2H3,(H,25,36)/b23-8+/t13-,14+,18+/m0/s1. The van der Waals surface area contributed by atoms with Crippen molar-refractivity contribution in [2.24, 2.45) is 19.2 Å². The molecule has 4 rings (SSSR count). The van der Waals surface area contributed by atoms with Gasteiger partial charge in [0.2, 0.25) is 0 Å². The van der Waals surface area contributed by atoms with Gasteiger partial charge in [-0.25, -0.2) is 14.9 Å². The van der Waals surface area contributed by atoms with Crippen molar-refractivity contribution in [2.75, 3.05) is 12.4 Å². The van der Waals surface area contributed by atoms with E-state index < -0.39 is 42.1 Å². The first-order valence-corrected chi connectivity index (χ1v) is 12.7. The highest BCUT2D eigenvalue weighted by atomic mass is 32.2. The molecule has 0 bridgehead atoms. The minimum atomic E-state index is -1.69. The summed E-state index contributed by atoms with van der Waals surface area (Å²) in [6.45, 7) is -0.786. The van der Waals surface area contributed by atoms with Crippen LogP contribution in [-0.2, 0) is 25.4 Å². The van der Waals surface area contributed by atoms with Gasteiger partial charge in [0.15, 0.2) is 22.1 Å². The third-order valence-corrected chi connectivity index (χ3v) is 6.73. The quantitative estimate of drug-likeness (QED) is 0.0675. The first-order valence-electron chi connectivity index (χ1n) is 11.7. The van der Waals surface area contributed by atoms with E-state index in [4.69, 9.17) is 5.11 Å². The Labute approximate surface area is 229 Å². The zero-order valence-electron chi connectivity index (χ0n) is 21.3. The number of thioether (sulfide) groups is 1. The lowest BCUT2D eigenvalue weighted by atomic mass is 10.1. The van der Waals surface area contributed by atoms with E-state index in [0.717, 1.165) is 22.5 Å². The van der Waals surface area contributed by atoms with Crippen LogP contribution in [0.1, 0.15) is 5.82 Å². The predicted molar refractivity (Wildman–Crippen MR) is 141 cm³/mol. The highest BCUT2D eigenvalue weighted by Crippen LogP contribution is 2.22. The number of aryl methyl sites for hydroxylation is 1. The molecule has 0 aliphatic rings. The molecule has 0 fully saturated rings. The van der Waals surface area contributed by atoms with Gasteiger partial charge in [-0.05, 0) is 12.1 Å². The van der Waals surface area contributed by atoms with E-state index in [-0.39, 0.29) is 23.5 Å². The lowest BCUT2D eigenvalue weighted by Gasteiger charge is -2.17. The van der Waals surface area contributed by atoms with Crippen LogP contribution >= 0.6 is 11.8 Å². The summed E-state index contributed by atoms with van der Waals surface area (Å²) in [4.78, 5) is 37.4. The van der Waals surface area contributed by atoms with E-state index in [1.807, 2.05) is 6.07 Å². The average Bonchev–Trinajstić information content (AvgIpc) is 3.57. The van der Waals surface area contributed by atoms with Crippen LogP contribution in [0.3, 0.4) is 0 Å². The summed E-state index contributed by atoms with van der Waals surface area (Å²) in [7, 11) is 2.85. The fraction of sp³-hybridized carbons (Fsp3) is 0.364. The number of rotatable bonds is 11. The van der Waals surface area contributed by atoms with Crippen molar-refractivity contribution in [1.82, 2.24) is 44.3 Å². The number of amides is 1. The topological polar surface area (TPSA) is 228 Å². The fourth-order valence-electron chi connectivity index (χ4n) is 3.65. The van der Waals surface area contributed by atoms with Crippen molar-refractivity contribution in [1.29, 1.82) is 0 Å². The van der Waals surface area contributed by atoms with Crippen LogP contribution in [0.2, 0.25) is 0 Å². The van der Waals surface area contributed by atoms with Crippen LogP contribution in [0, 0.1) is 0 Å². The maximum absolute atomic E-state index is 12.8. The number of nitrogens with one attached hydrogen (secondary N) is 1. The summed E-state index contributed by atoms with van der Waals surface area (Å²) in [6, 6.07) is 9.04. The normalized spacial score (nSPS) is 14.1. The molecule has 40 heavy (non-hydrogen) atoms. The van der Waals surface area contributed by atoms with Gasteiger partial charge in [0.1, 0.15) is 24.9 Å². The second kappa shape index (κ2) is 12.3. The summed E-state index contributed by atoms with van der Waals surface area (Å²) < 4.78 is 5.18. The van der Waals surface area contributed by atoms with Gasteiger partial charge < -0.3 is 20.4 Å². The van der Waals surface area contributed by atoms with Crippen molar-refractivity contribution in [2.45, 2.75) is 30.0 Å². The van der Waals surface area contributed by atoms with Gasteiger partial charge in [-0.3, -0.25) is 23.3 Å². The van der Waals surface area contributed by atoms with Crippen LogP contribution in [-0.4, -0.2) is 102 Å². The first-order chi connectivity index (χ1) is 19.1. The molecular formula is C22H26N10O7S. The number of hydrogen-bond donors (Lipinski definition) is 5. The maximum atomic E-state index is 12.8. The zero-order valence-corrected chi connectivity index (χ0v) is 22.1. The molecule has 5 N–H and O–H groups in total. The molecule has 18 heteroatoms. The Bertz CT molecular complexity index is 1650. The fourth-order valence-corrected chi connectivity index (χ4v) is 4.41. The minimum Gasteiger partial charge on any atom is -0.394 e. The van der Waals surface area contributed by atoms with Gasteiger partial charge >= 0.3 is 5.69 Å². The molecule has 0 aliphatic carbocycles. The summed E-state index contributed by atoms with van der Waals surface area (Å²) >= 11 is 1.03. The number of aromatic nitrogens is 8. The van der Waals surface area contributed by atoms with Crippen LogP contribution in [0.4, 0.5) is 0 Å². The molecule has 4 aromatic rings. The number of carbonyl (C=O) groups is 1. The molecule has 3 aromatic heterocycles. The third-order valence-electron chi connectivity index (χ3n) is 5.80. The molecule has 0 aliphatic heterocycles. The summed E-state index contributed by atoms with van der Waals surface area (Å²) in [5.41, 5.74) is 1.99. The molecule has 3 heterocycles.